The number of halogens is 3. The number of nitrogens with zero attached hydrogens (tertiary/aromatic N) is 3. The van der Waals surface area contributed by atoms with Gasteiger partial charge >= 0.3 is 6.18 Å². The lowest BCUT2D eigenvalue weighted by molar-refractivity contribution is -0.137. The highest BCUT2D eigenvalue weighted by molar-refractivity contribution is 5.79. The number of nitrogens with one attached hydrogen (secondary N) is 1. The van der Waals surface area contributed by atoms with Crippen LogP contribution in [0.3, 0.4) is 0 Å². The second kappa shape index (κ2) is 7.89. The molecule has 8 heteroatoms. The predicted molar refractivity (Wildman–Crippen MR) is 99.9 cm³/mol. The van der Waals surface area contributed by atoms with Crippen LogP contribution in [0.1, 0.15) is 44.1 Å². The topological polar surface area (TPSA) is 48.5 Å². The maximum Gasteiger partial charge on any atom is 0.416 e. The van der Waals surface area contributed by atoms with Crippen molar-refractivity contribution < 1.29 is 18.0 Å². The summed E-state index contributed by atoms with van der Waals surface area (Å²) < 4.78 is 38.8. The maximum atomic E-state index is 12.9. The number of aromatic nitrogens is 1. The molecule has 3 aliphatic rings. The fourth-order valence-corrected chi connectivity index (χ4v) is 4.33. The first-order valence-electron chi connectivity index (χ1n) is 10.2. The van der Waals surface area contributed by atoms with Crippen LogP contribution in [0.25, 0.3) is 0 Å². The van der Waals surface area contributed by atoms with Gasteiger partial charge in [0.05, 0.1) is 11.5 Å². The van der Waals surface area contributed by atoms with Crippen molar-refractivity contribution in [1.29, 1.82) is 0 Å². The summed E-state index contributed by atoms with van der Waals surface area (Å²) in [5.41, 5.74) is -0.653. The number of hydrogen-bond acceptors (Lipinski definition) is 4. The minimum Gasteiger partial charge on any atom is -0.356 e. The highest BCUT2D eigenvalue weighted by atomic mass is 19.4. The van der Waals surface area contributed by atoms with Gasteiger partial charge in [0, 0.05) is 37.9 Å². The van der Waals surface area contributed by atoms with Gasteiger partial charge in [0.15, 0.2) is 0 Å². The number of piperidine rings is 2. The van der Waals surface area contributed by atoms with Gasteiger partial charge in [-0.1, -0.05) is 0 Å². The highest BCUT2D eigenvalue weighted by Crippen LogP contribution is 2.32. The fourth-order valence-electron chi connectivity index (χ4n) is 4.33. The minimum atomic E-state index is -4.35. The number of hydrogen-bond donors (Lipinski definition) is 1. The van der Waals surface area contributed by atoms with E-state index >= 15 is 0 Å². The molecule has 154 valence electrons. The lowest BCUT2D eigenvalue weighted by Crippen LogP contribution is -2.51. The Bertz CT molecular complexity index is 699. The van der Waals surface area contributed by atoms with Crippen molar-refractivity contribution in [2.75, 3.05) is 31.1 Å². The molecule has 3 fully saturated rings. The van der Waals surface area contributed by atoms with E-state index in [0.29, 0.717) is 31.0 Å². The Kier molecular flexibility index (Phi) is 5.49. The van der Waals surface area contributed by atoms with Gasteiger partial charge in [-0.3, -0.25) is 9.69 Å². The Balaban J connectivity index is 1.32. The summed E-state index contributed by atoms with van der Waals surface area (Å²) in [6.45, 7) is 3.17. The van der Waals surface area contributed by atoms with Crippen LogP contribution in [0, 0.1) is 5.92 Å². The predicted octanol–water partition coefficient (Wildman–Crippen LogP) is 3.06. The number of carbonyl (C=O) groups excluding carboxylic acids is 1. The zero-order valence-electron chi connectivity index (χ0n) is 15.9. The van der Waals surface area contributed by atoms with Gasteiger partial charge in [0.1, 0.15) is 5.82 Å². The van der Waals surface area contributed by atoms with E-state index in [1.165, 1.54) is 6.20 Å². The average molecular weight is 396 g/mol. The average Bonchev–Trinajstić information content (AvgIpc) is 3.52. The summed E-state index contributed by atoms with van der Waals surface area (Å²) in [5, 5.41) is 3.12. The molecule has 0 spiro atoms. The van der Waals surface area contributed by atoms with Crippen molar-refractivity contribution in [3.63, 3.8) is 0 Å². The van der Waals surface area contributed by atoms with E-state index in [0.717, 1.165) is 63.7 Å². The van der Waals surface area contributed by atoms with Crippen LogP contribution in [-0.2, 0) is 11.0 Å². The van der Waals surface area contributed by atoms with E-state index in [2.05, 4.69) is 15.2 Å². The van der Waals surface area contributed by atoms with Crippen LogP contribution >= 0.6 is 0 Å². The van der Waals surface area contributed by atoms with Gasteiger partial charge in [-0.25, -0.2) is 4.98 Å². The molecule has 1 aromatic rings. The summed E-state index contributed by atoms with van der Waals surface area (Å²) in [5.74, 6) is 0.656. The van der Waals surface area contributed by atoms with E-state index < -0.39 is 11.7 Å². The van der Waals surface area contributed by atoms with Crippen molar-refractivity contribution in [2.45, 2.75) is 56.8 Å². The van der Waals surface area contributed by atoms with Crippen molar-refractivity contribution in [2.24, 2.45) is 5.92 Å². The molecule has 2 aliphatic heterocycles. The van der Waals surface area contributed by atoms with Gasteiger partial charge in [0.25, 0.3) is 0 Å². The number of pyridine rings is 1. The van der Waals surface area contributed by atoms with Crippen LogP contribution in [-0.4, -0.2) is 54.1 Å². The van der Waals surface area contributed by atoms with Gasteiger partial charge in [-0.05, 0) is 57.2 Å². The second-order valence-electron chi connectivity index (χ2n) is 8.24. The molecular formula is C20H27F3N4O. The van der Waals surface area contributed by atoms with Crippen molar-refractivity contribution in [3.05, 3.63) is 23.9 Å². The van der Waals surface area contributed by atoms with Crippen molar-refractivity contribution in [3.8, 4) is 0 Å². The summed E-state index contributed by atoms with van der Waals surface area (Å²) >= 11 is 0. The van der Waals surface area contributed by atoms with Crippen LogP contribution < -0.4 is 10.2 Å². The molecule has 3 heterocycles. The fraction of sp³-hybridized carbons (Fsp3) is 0.700. The van der Waals surface area contributed by atoms with Gasteiger partial charge < -0.3 is 10.2 Å². The number of amides is 1. The molecule has 0 unspecified atom stereocenters. The third kappa shape index (κ3) is 4.59. The Hall–Kier alpha value is -1.83. The molecule has 0 radical (unpaired) electrons. The molecule has 0 aromatic carbocycles. The van der Waals surface area contributed by atoms with Crippen LogP contribution in [0.15, 0.2) is 18.3 Å². The largest absolute Gasteiger partial charge is 0.416 e. The summed E-state index contributed by atoms with van der Waals surface area (Å²) in [6.07, 6.45) is 2.83. The number of rotatable bonds is 4. The van der Waals surface area contributed by atoms with Crippen LogP contribution in [0.5, 0.6) is 0 Å². The van der Waals surface area contributed by atoms with E-state index in [1.807, 2.05) is 4.90 Å². The first-order chi connectivity index (χ1) is 13.4. The Morgan fingerprint density at radius 3 is 2.54 bits per heavy atom. The smallest absolute Gasteiger partial charge is 0.356 e. The molecule has 1 saturated carbocycles. The minimum absolute atomic E-state index is 0.0671. The lowest BCUT2D eigenvalue weighted by Gasteiger charge is -2.42. The molecule has 1 aromatic heterocycles. The van der Waals surface area contributed by atoms with Gasteiger partial charge in [-0.2, -0.15) is 13.2 Å². The Labute approximate surface area is 163 Å². The molecule has 1 N–H and O–H groups in total. The van der Waals surface area contributed by atoms with E-state index in [4.69, 9.17) is 0 Å². The summed E-state index contributed by atoms with van der Waals surface area (Å²) in [7, 11) is 0. The highest BCUT2D eigenvalue weighted by Gasteiger charge is 2.35. The lowest BCUT2D eigenvalue weighted by atomic mass is 9.93. The quantitative estimate of drug-likeness (QED) is 0.850. The van der Waals surface area contributed by atoms with Gasteiger partial charge in [-0.15, -0.1) is 0 Å². The molecule has 28 heavy (non-hydrogen) atoms. The SMILES string of the molecule is O=C(NC1CC1)[C@H]1CCCN(C2CCN(c3cc(C(F)(F)F)ccn3)CC2)C1. The molecular weight excluding hydrogens is 369 g/mol. The molecule has 1 atom stereocenters. The number of anilines is 1. The van der Waals surface area contributed by atoms with E-state index in [1.54, 1.807) is 0 Å². The molecule has 0 bridgehead atoms. The zero-order chi connectivity index (χ0) is 19.7. The number of carbonyl (C=O) groups is 1. The molecule has 2 saturated heterocycles. The molecule has 1 aliphatic carbocycles. The molecule has 1 amide bonds. The van der Waals surface area contributed by atoms with E-state index in [9.17, 15) is 18.0 Å². The summed E-state index contributed by atoms with van der Waals surface area (Å²) in [4.78, 5) is 20.9. The molecule has 4 rings (SSSR count). The first-order valence-corrected chi connectivity index (χ1v) is 10.2. The zero-order valence-corrected chi connectivity index (χ0v) is 15.9. The Morgan fingerprint density at radius 1 is 1.11 bits per heavy atom. The van der Waals surface area contributed by atoms with E-state index in [-0.39, 0.29) is 11.8 Å². The van der Waals surface area contributed by atoms with Crippen molar-refractivity contribution >= 4 is 11.7 Å². The number of alkyl halides is 3. The Morgan fingerprint density at radius 2 is 1.86 bits per heavy atom. The maximum absolute atomic E-state index is 12.9. The summed E-state index contributed by atoms with van der Waals surface area (Å²) in [6, 6.07) is 2.93. The van der Waals surface area contributed by atoms with Crippen LogP contribution in [0.4, 0.5) is 19.0 Å². The molecule has 5 nitrogen and oxygen atoms in total. The monoisotopic (exact) mass is 396 g/mol. The van der Waals surface area contributed by atoms with Gasteiger partial charge in [0.2, 0.25) is 5.91 Å². The normalized spacial score (nSPS) is 25.0. The third-order valence-corrected chi connectivity index (χ3v) is 6.13. The number of likely N-dealkylation sites (tertiary alicyclic amines) is 1. The van der Waals surface area contributed by atoms with Crippen molar-refractivity contribution in [1.82, 2.24) is 15.2 Å². The second-order valence-corrected chi connectivity index (χ2v) is 8.24. The third-order valence-electron chi connectivity index (χ3n) is 6.13. The first kappa shape index (κ1) is 19.5. The van der Waals surface area contributed by atoms with Crippen LogP contribution in [0.2, 0.25) is 0 Å². The standard InChI is InChI=1S/C20H27F3N4O/c21-20(22,23)15-5-8-24-18(12-15)26-10-6-17(7-11-26)27-9-1-2-14(13-27)19(28)25-16-3-4-16/h5,8,12,14,16-17H,1-4,6-7,9-11,13H2,(H,25,28)/t14-/m0/s1.